The van der Waals surface area contributed by atoms with Crippen molar-refractivity contribution in [2.75, 3.05) is 6.61 Å². The molecule has 2 N–H and O–H groups in total. The summed E-state index contributed by atoms with van der Waals surface area (Å²) in [6.07, 6.45) is 8.60. The van der Waals surface area contributed by atoms with Gasteiger partial charge in [-0.25, -0.2) is 0 Å². The van der Waals surface area contributed by atoms with E-state index in [1.54, 1.807) is 0 Å². The Morgan fingerprint density at radius 3 is 2.06 bits per heavy atom. The molecule has 0 aromatic carbocycles. The highest BCUT2D eigenvalue weighted by Crippen LogP contribution is 2.37. The monoisotopic (exact) mass is 227 g/mol. The first kappa shape index (κ1) is 14.0. The zero-order valence-corrected chi connectivity index (χ0v) is 11.3. The van der Waals surface area contributed by atoms with Gasteiger partial charge in [-0.15, -0.1) is 0 Å². The van der Waals surface area contributed by atoms with Crippen LogP contribution in [-0.4, -0.2) is 18.2 Å². The second-order valence-electron chi connectivity index (χ2n) is 5.16. The van der Waals surface area contributed by atoms with Crippen LogP contribution in [0.4, 0.5) is 0 Å². The molecule has 0 spiro atoms. The lowest BCUT2D eigenvalue weighted by Gasteiger charge is -2.44. The van der Waals surface area contributed by atoms with Crippen molar-refractivity contribution in [1.29, 1.82) is 0 Å². The standard InChI is InChI=1S/C14H29NO/c1-4-12(5-2)13(15)14(16-6-3)10-8-7-9-11-14/h12-13H,4-11,15H2,1-3H3. The quantitative estimate of drug-likeness (QED) is 0.754. The molecule has 0 aromatic heterocycles. The second kappa shape index (κ2) is 6.61. The van der Waals surface area contributed by atoms with Crippen molar-refractivity contribution in [2.45, 2.75) is 77.4 Å². The molecule has 1 unspecified atom stereocenters. The molecule has 1 rings (SSSR count). The summed E-state index contributed by atoms with van der Waals surface area (Å²) < 4.78 is 6.09. The summed E-state index contributed by atoms with van der Waals surface area (Å²) >= 11 is 0. The summed E-state index contributed by atoms with van der Waals surface area (Å²) in [7, 11) is 0. The maximum absolute atomic E-state index is 6.51. The summed E-state index contributed by atoms with van der Waals surface area (Å²) in [4.78, 5) is 0. The van der Waals surface area contributed by atoms with Gasteiger partial charge in [0.2, 0.25) is 0 Å². The first-order valence-electron chi connectivity index (χ1n) is 7.09. The summed E-state index contributed by atoms with van der Waals surface area (Å²) in [5.41, 5.74) is 6.50. The van der Waals surface area contributed by atoms with Gasteiger partial charge in [0.05, 0.1) is 5.60 Å². The fourth-order valence-electron chi connectivity index (χ4n) is 3.24. The third-order valence-electron chi connectivity index (χ3n) is 4.30. The molecule has 2 nitrogen and oxygen atoms in total. The van der Waals surface area contributed by atoms with Crippen LogP contribution < -0.4 is 5.73 Å². The summed E-state index contributed by atoms with van der Waals surface area (Å²) in [5.74, 6) is 0.615. The van der Waals surface area contributed by atoms with Gasteiger partial charge >= 0.3 is 0 Å². The highest BCUT2D eigenvalue weighted by Gasteiger charge is 2.41. The Labute approximate surface area is 101 Å². The van der Waals surface area contributed by atoms with Gasteiger partial charge in [-0.05, 0) is 25.7 Å². The lowest BCUT2D eigenvalue weighted by Crippen LogP contribution is -2.55. The van der Waals surface area contributed by atoms with Crippen LogP contribution in [0.25, 0.3) is 0 Å². The van der Waals surface area contributed by atoms with E-state index in [1.165, 1.54) is 44.9 Å². The average molecular weight is 227 g/mol. The maximum Gasteiger partial charge on any atom is 0.0835 e. The van der Waals surface area contributed by atoms with E-state index >= 15 is 0 Å². The number of hydrogen-bond acceptors (Lipinski definition) is 2. The van der Waals surface area contributed by atoms with Crippen molar-refractivity contribution in [1.82, 2.24) is 0 Å². The van der Waals surface area contributed by atoms with Gasteiger partial charge in [-0.3, -0.25) is 0 Å². The van der Waals surface area contributed by atoms with Crippen molar-refractivity contribution < 1.29 is 4.74 Å². The first-order valence-corrected chi connectivity index (χ1v) is 7.09. The molecule has 0 saturated heterocycles. The largest absolute Gasteiger partial charge is 0.374 e. The Balaban J connectivity index is 2.73. The lowest BCUT2D eigenvalue weighted by molar-refractivity contribution is -0.0940. The minimum Gasteiger partial charge on any atom is -0.374 e. The van der Waals surface area contributed by atoms with Crippen LogP contribution in [0.1, 0.15) is 65.7 Å². The average Bonchev–Trinajstić information content (AvgIpc) is 2.32. The highest BCUT2D eigenvalue weighted by atomic mass is 16.5. The predicted octanol–water partition coefficient (Wildman–Crippen LogP) is 3.49. The van der Waals surface area contributed by atoms with Crippen LogP contribution in [0.2, 0.25) is 0 Å². The fraction of sp³-hybridized carbons (Fsp3) is 1.00. The van der Waals surface area contributed by atoms with Crippen molar-refractivity contribution >= 4 is 0 Å². The van der Waals surface area contributed by atoms with Crippen LogP contribution >= 0.6 is 0 Å². The zero-order chi connectivity index (χ0) is 12.0. The molecular weight excluding hydrogens is 198 g/mol. The van der Waals surface area contributed by atoms with E-state index in [-0.39, 0.29) is 11.6 Å². The fourth-order valence-corrected chi connectivity index (χ4v) is 3.24. The molecule has 1 fully saturated rings. The Morgan fingerprint density at radius 2 is 1.62 bits per heavy atom. The molecule has 0 bridgehead atoms. The molecule has 0 aliphatic heterocycles. The van der Waals surface area contributed by atoms with E-state index in [1.807, 2.05) is 0 Å². The predicted molar refractivity (Wildman–Crippen MR) is 69.5 cm³/mol. The Morgan fingerprint density at radius 1 is 1.06 bits per heavy atom. The van der Waals surface area contributed by atoms with Crippen molar-refractivity contribution in [3.8, 4) is 0 Å². The molecule has 16 heavy (non-hydrogen) atoms. The molecule has 2 heteroatoms. The SMILES string of the molecule is CCOC1(C(N)C(CC)CC)CCCCC1. The number of hydrogen-bond donors (Lipinski definition) is 1. The van der Waals surface area contributed by atoms with E-state index < -0.39 is 0 Å². The number of rotatable bonds is 6. The summed E-state index contributed by atoms with van der Waals surface area (Å²) in [5, 5.41) is 0. The van der Waals surface area contributed by atoms with Gasteiger partial charge in [-0.1, -0.05) is 46.0 Å². The normalized spacial score (nSPS) is 22.3. The van der Waals surface area contributed by atoms with Crippen LogP contribution in [0, 0.1) is 5.92 Å². The van der Waals surface area contributed by atoms with Gasteiger partial charge in [0.25, 0.3) is 0 Å². The second-order valence-corrected chi connectivity index (χ2v) is 5.16. The zero-order valence-electron chi connectivity index (χ0n) is 11.3. The van der Waals surface area contributed by atoms with E-state index in [2.05, 4.69) is 20.8 Å². The Bertz CT molecular complexity index is 178. The number of ether oxygens (including phenoxy) is 1. The minimum absolute atomic E-state index is 0.0102. The lowest BCUT2D eigenvalue weighted by atomic mass is 9.73. The third-order valence-corrected chi connectivity index (χ3v) is 4.30. The topological polar surface area (TPSA) is 35.2 Å². The summed E-state index contributed by atoms with van der Waals surface area (Å²) in [6.45, 7) is 7.39. The highest BCUT2D eigenvalue weighted by molar-refractivity contribution is 4.96. The molecule has 1 atom stereocenters. The molecule has 96 valence electrons. The van der Waals surface area contributed by atoms with Crippen LogP contribution in [0.5, 0.6) is 0 Å². The van der Waals surface area contributed by atoms with E-state index in [9.17, 15) is 0 Å². The van der Waals surface area contributed by atoms with Gasteiger partial charge in [-0.2, -0.15) is 0 Å². The van der Waals surface area contributed by atoms with Gasteiger partial charge < -0.3 is 10.5 Å². The molecule has 0 radical (unpaired) electrons. The van der Waals surface area contributed by atoms with Crippen molar-refractivity contribution in [3.63, 3.8) is 0 Å². The minimum atomic E-state index is -0.0102. The van der Waals surface area contributed by atoms with Crippen molar-refractivity contribution in [3.05, 3.63) is 0 Å². The molecule has 1 aliphatic carbocycles. The smallest absolute Gasteiger partial charge is 0.0835 e. The molecule has 0 aromatic rings. The molecular formula is C14H29NO. The Hall–Kier alpha value is -0.0800. The van der Waals surface area contributed by atoms with Crippen LogP contribution in [0.15, 0.2) is 0 Å². The van der Waals surface area contributed by atoms with E-state index in [0.717, 1.165) is 6.61 Å². The van der Waals surface area contributed by atoms with Crippen LogP contribution in [-0.2, 0) is 4.74 Å². The summed E-state index contributed by atoms with van der Waals surface area (Å²) in [6, 6.07) is 0.225. The van der Waals surface area contributed by atoms with E-state index in [0.29, 0.717) is 5.92 Å². The third kappa shape index (κ3) is 2.98. The van der Waals surface area contributed by atoms with Gasteiger partial charge in [0.1, 0.15) is 0 Å². The molecule has 0 heterocycles. The molecule has 1 aliphatic rings. The maximum atomic E-state index is 6.51. The van der Waals surface area contributed by atoms with Crippen LogP contribution in [0.3, 0.4) is 0 Å². The number of nitrogens with two attached hydrogens (primary N) is 1. The Kier molecular flexibility index (Phi) is 5.77. The van der Waals surface area contributed by atoms with Gasteiger partial charge in [0, 0.05) is 12.6 Å². The first-order chi connectivity index (χ1) is 7.70. The molecule has 0 amide bonds. The van der Waals surface area contributed by atoms with E-state index in [4.69, 9.17) is 10.5 Å². The van der Waals surface area contributed by atoms with Gasteiger partial charge in [0.15, 0.2) is 0 Å². The molecule has 1 saturated carbocycles. The van der Waals surface area contributed by atoms with Crippen molar-refractivity contribution in [2.24, 2.45) is 11.7 Å².